The quantitative estimate of drug-likeness (QED) is 0.129. The first kappa shape index (κ1) is 28.5. The number of hydrogen-bond acceptors (Lipinski definition) is 2. The smallest absolute Gasteiger partial charge is 0.0314 e. The van der Waals surface area contributed by atoms with E-state index in [1.54, 1.807) is 0 Å². The van der Waals surface area contributed by atoms with Crippen molar-refractivity contribution in [3.63, 3.8) is 0 Å². The van der Waals surface area contributed by atoms with Gasteiger partial charge in [0.05, 0.1) is 0 Å². The van der Waals surface area contributed by atoms with Gasteiger partial charge in [0, 0.05) is 11.4 Å². The van der Waals surface area contributed by atoms with Gasteiger partial charge in [-0.2, -0.15) is 0 Å². The summed E-state index contributed by atoms with van der Waals surface area (Å²) in [6.45, 7) is 4.56. The number of nitrogens with two attached hydrogens (primary N) is 2. The van der Waals surface area contributed by atoms with Crippen LogP contribution in [0.3, 0.4) is 0 Å². The van der Waals surface area contributed by atoms with Crippen LogP contribution >= 0.6 is 0 Å². The summed E-state index contributed by atoms with van der Waals surface area (Å²) in [4.78, 5) is 0. The summed E-state index contributed by atoms with van der Waals surface area (Å²) >= 11 is 0. The van der Waals surface area contributed by atoms with E-state index < -0.39 is 0 Å². The van der Waals surface area contributed by atoms with E-state index in [0.29, 0.717) is 0 Å². The average molecular weight is 519 g/mol. The molecular formula is C37H46N2. The second-order valence-corrected chi connectivity index (χ2v) is 11.0. The molecule has 0 amide bonds. The van der Waals surface area contributed by atoms with Crippen molar-refractivity contribution in [2.75, 3.05) is 11.5 Å². The van der Waals surface area contributed by atoms with Gasteiger partial charge in [-0.15, -0.1) is 0 Å². The van der Waals surface area contributed by atoms with Crippen molar-refractivity contribution in [2.45, 2.75) is 84.5 Å². The maximum absolute atomic E-state index is 5.84. The maximum Gasteiger partial charge on any atom is 0.0314 e. The highest BCUT2D eigenvalue weighted by atomic mass is 14.5. The number of hydrogen-bond donors (Lipinski definition) is 2. The molecule has 4 aromatic carbocycles. The van der Waals surface area contributed by atoms with Gasteiger partial charge in [0.25, 0.3) is 0 Å². The van der Waals surface area contributed by atoms with Gasteiger partial charge in [0.15, 0.2) is 0 Å². The molecule has 0 aliphatic heterocycles. The third-order valence-electron chi connectivity index (χ3n) is 7.97. The van der Waals surface area contributed by atoms with Crippen molar-refractivity contribution in [1.29, 1.82) is 0 Å². The highest BCUT2D eigenvalue weighted by Crippen LogP contribution is 2.21. The van der Waals surface area contributed by atoms with Crippen LogP contribution in [-0.4, -0.2) is 0 Å². The van der Waals surface area contributed by atoms with Gasteiger partial charge >= 0.3 is 0 Å². The number of unbranched alkanes of at least 4 members (excludes halogenated alkanes) is 4. The minimum atomic E-state index is 0.828. The molecule has 2 heteroatoms. The van der Waals surface area contributed by atoms with E-state index in [2.05, 4.69) is 74.5 Å². The molecule has 2 nitrogen and oxygen atoms in total. The van der Waals surface area contributed by atoms with Crippen molar-refractivity contribution < 1.29 is 0 Å². The second-order valence-electron chi connectivity index (χ2n) is 11.0. The van der Waals surface area contributed by atoms with Crippen LogP contribution in [0.1, 0.15) is 90.5 Å². The summed E-state index contributed by atoms with van der Waals surface area (Å²) in [5.74, 6) is 0. The molecular weight excluding hydrogens is 472 g/mol. The molecule has 0 spiro atoms. The Morgan fingerprint density at radius 2 is 0.769 bits per heavy atom. The molecule has 0 saturated carbocycles. The lowest BCUT2D eigenvalue weighted by Crippen LogP contribution is -1.98. The fourth-order valence-corrected chi connectivity index (χ4v) is 5.63. The molecule has 4 aromatic rings. The summed E-state index contributed by atoms with van der Waals surface area (Å²) in [6.07, 6.45) is 13.1. The highest BCUT2D eigenvalue weighted by Gasteiger charge is 2.06. The molecule has 0 saturated heterocycles. The van der Waals surface area contributed by atoms with Crippen LogP contribution in [0.25, 0.3) is 0 Å². The van der Waals surface area contributed by atoms with Crippen LogP contribution in [0.15, 0.2) is 84.9 Å². The summed E-state index contributed by atoms with van der Waals surface area (Å²) in [6, 6.07) is 30.7. The minimum absolute atomic E-state index is 0.828. The number of nitrogen functional groups attached to an aromatic ring is 2. The van der Waals surface area contributed by atoms with E-state index in [0.717, 1.165) is 37.1 Å². The van der Waals surface area contributed by atoms with Crippen molar-refractivity contribution in [1.82, 2.24) is 0 Å². The average Bonchev–Trinajstić information content (AvgIpc) is 2.96. The molecule has 0 atom stereocenters. The topological polar surface area (TPSA) is 52.0 Å². The lowest BCUT2D eigenvalue weighted by atomic mass is 9.94. The van der Waals surface area contributed by atoms with Gasteiger partial charge in [-0.1, -0.05) is 93.8 Å². The van der Waals surface area contributed by atoms with Crippen molar-refractivity contribution in [2.24, 2.45) is 0 Å². The van der Waals surface area contributed by atoms with Crippen molar-refractivity contribution >= 4 is 11.4 Å². The molecule has 0 bridgehead atoms. The Balaban J connectivity index is 1.18. The maximum atomic E-state index is 5.84. The molecule has 0 aromatic heterocycles. The lowest BCUT2D eigenvalue weighted by molar-refractivity contribution is 0.611. The van der Waals surface area contributed by atoms with E-state index in [4.69, 9.17) is 11.5 Å². The van der Waals surface area contributed by atoms with E-state index in [9.17, 15) is 0 Å². The molecule has 4 N–H and O–H groups in total. The Bertz CT molecular complexity index is 1200. The minimum Gasteiger partial charge on any atom is -0.399 e. The van der Waals surface area contributed by atoms with Crippen LogP contribution in [-0.2, 0) is 38.5 Å². The van der Waals surface area contributed by atoms with Gasteiger partial charge < -0.3 is 11.5 Å². The summed E-state index contributed by atoms with van der Waals surface area (Å²) in [5, 5.41) is 0. The third kappa shape index (κ3) is 8.75. The summed E-state index contributed by atoms with van der Waals surface area (Å²) in [7, 11) is 0. The van der Waals surface area contributed by atoms with Crippen LogP contribution in [0, 0.1) is 0 Å². The predicted molar refractivity (Wildman–Crippen MR) is 169 cm³/mol. The highest BCUT2D eigenvalue weighted by molar-refractivity contribution is 5.43. The van der Waals surface area contributed by atoms with E-state index in [1.165, 1.54) is 89.5 Å². The van der Waals surface area contributed by atoms with E-state index in [1.807, 2.05) is 24.3 Å². The van der Waals surface area contributed by atoms with Gasteiger partial charge in [0.1, 0.15) is 0 Å². The first-order valence-corrected chi connectivity index (χ1v) is 14.9. The zero-order valence-corrected chi connectivity index (χ0v) is 24.0. The SMILES string of the molecule is CCc1cc(Cc2ccc(N)cc2)ccc1CCCCCCCc1ccc(Cc2ccc(N)cc2)cc1CC. The molecule has 0 unspecified atom stereocenters. The number of rotatable bonds is 14. The molecule has 39 heavy (non-hydrogen) atoms. The van der Waals surface area contributed by atoms with Crippen LogP contribution in [0.2, 0.25) is 0 Å². The van der Waals surface area contributed by atoms with Crippen LogP contribution in [0.4, 0.5) is 11.4 Å². The Labute approximate surface area is 236 Å². The molecule has 204 valence electrons. The van der Waals surface area contributed by atoms with E-state index in [-0.39, 0.29) is 0 Å². The second kappa shape index (κ2) is 14.6. The summed E-state index contributed by atoms with van der Waals surface area (Å²) in [5.41, 5.74) is 24.8. The number of anilines is 2. The Morgan fingerprint density at radius 1 is 0.410 bits per heavy atom. The molecule has 0 aliphatic rings. The zero-order chi connectivity index (χ0) is 27.5. The van der Waals surface area contributed by atoms with Crippen molar-refractivity contribution in [3.8, 4) is 0 Å². The van der Waals surface area contributed by atoms with Gasteiger partial charge in [-0.3, -0.25) is 0 Å². The monoisotopic (exact) mass is 518 g/mol. The van der Waals surface area contributed by atoms with Gasteiger partial charge in [-0.05, 0) is 120 Å². The normalized spacial score (nSPS) is 11.1. The Morgan fingerprint density at radius 3 is 1.15 bits per heavy atom. The van der Waals surface area contributed by atoms with Gasteiger partial charge in [0.2, 0.25) is 0 Å². The predicted octanol–water partition coefficient (Wildman–Crippen LogP) is 8.89. The Hall–Kier alpha value is -3.52. The number of aryl methyl sites for hydroxylation is 4. The third-order valence-corrected chi connectivity index (χ3v) is 7.97. The standard InChI is InChI=1S/C37H46N2/c1-3-32-26-30(24-28-14-20-36(38)21-15-28)12-18-34(32)10-8-6-5-7-9-11-35-19-13-31(27-33(35)4-2)25-29-16-22-37(39)23-17-29/h12-23,26-27H,3-11,24-25,38-39H2,1-2H3. The largest absolute Gasteiger partial charge is 0.399 e. The molecule has 0 aliphatic carbocycles. The van der Waals surface area contributed by atoms with Crippen LogP contribution in [0.5, 0.6) is 0 Å². The lowest BCUT2D eigenvalue weighted by Gasteiger charge is -2.12. The fourth-order valence-electron chi connectivity index (χ4n) is 5.63. The molecule has 4 rings (SSSR count). The van der Waals surface area contributed by atoms with E-state index >= 15 is 0 Å². The summed E-state index contributed by atoms with van der Waals surface area (Å²) < 4.78 is 0. The van der Waals surface area contributed by atoms with Crippen LogP contribution < -0.4 is 11.5 Å². The first-order valence-electron chi connectivity index (χ1n) is 14.9. The Kier molecular flexibility index (Phi) is 10.7. The molecule has 0 fully saturated rings. The first-order chi connectivity index (χ1) is 19.0. The van der Waals surface area contributed by atoms with Gasteiger partial charge in [-0.25, -0.2) is 0 Å². The zero-order valence-electron chi connectivity index (χ0n) is 24.0. The fraction of sp³-hybridized carbons (Fsp3) is 0.351. The van der Waals surface area contributed by atoms with Crippen molar-refractivity contribution in [3.05, 3.63) is 129 Å². The molecule has 0 radical (unpaired) electrons. The molecule has 0 heterocycles. The number of benzene rings is 4.